The number of hydrogen-bond donors (Lipinski definition) is 2. The normalized spacial score (nSPS) is 17.1. The van der Waals surface area contributed by atoms with E-state index in [1.807, 2.05) is 23.7 Å². The summed E-state index contributed by atoms with van der Waals surface area (Å²) in [5, 5.41) is 11.4. The number of furan rings is 1. The van der Waals surface area contributed by atoms with Gasteiger partial charge in [-0.2, -0.15) is 5.10 Å². The van der Waals surface area contributed by atoms with Gasteiger partial charge in [0.1, 0.15) is 17.4 Å². The van der Waals surface area contributed by atoms with Crippen molar-refractivity contribution in [3.63, 3.8) is 0 Å². The monoisotopic (exact) mass is 458 g/mol. The van der Waals surface area contributed by atoms with Crippen LogP contribution in [0.5, 0.6) is 0 Å². The summed E-state index contributed by atoms with van der Waals surface area (Å²) < 4.78 is 7.37. The zero-order chi connectivity index (χ0) is 16.9. The van der Waals surface area contributed by atoms with E-state index >= 15 is 0 Å². The average Bonchev–Trinajstić information content (AvgIpc) is 3.14. The Kier molecular flexibility index (Phi) is 7.27. The number of hydrogen-bond acceptors (Lipinski definition) is 4. The molecule has 0 bridgehead atoms. The number of nitrogens with one attached hydrogen (secondary N) is 2. The number of fused-ring (bicyclic) bond motifs is 1. The molecule has 1 aliphatic rings. The second-order valence-corrected chi connectivity index (χ2v) is 6.50. The van der Waals surface area contributed by atoms with Gasteiger partial charge in [-0.1, -0.05) is 0 Å². The van der Waals surface area contributed by atoms with Crippen molar-refractivity contribution in [2.75, 3.05) is 6.54 Å². The standard InChI is InChI=1S/C17H26N6O.HI/c1-12(2)19-17(18-9-8-15-5-4-10-24-15)21-14-6-7-16-20-13(3)22-23(16)11-14;/h4-5,10,12,14H,6-9,11H2,1-3H3,(H2,18,19,21);1H. The van der Waals surface area contributed by atoms with Crippen molar-refractivity contribution >= 4 is 29.9 Å². The van der Waals surface area contributed by atoms with Crippen LogP contribution in [-0.4, -0.2) is 39.4 Å². The summed E-state index contributed by atoms with van der Waals surface area (Å²) in [7, 11) is 0. The Morgan fingerprint density at radius 1 is 1.48 bits per heavy atom. The van der Waals surface area contributed by atoms with Crippen molar-refractivity contribution < 1.29 is 4.42 Å². The smallest absolute Gasteiger partial charge is 0.191 e. The van der Waals surface area contributed by atoms with E-state index in [0.717, 1.165) is 49.2 Å². The zero-order valence-electron chi connectivity index (χ0n) is 15.0. The van der Waals surface area contributed by atoms with Gasteiger partial charge in [0.15, 0.2) is 5.96 Å². The summed E-state index contributed by atoms with van der Waals surface area (Å²) in [5.41, 5.74) is 0. The van der Waals surface area contributed by atoms with Crippen molar-refractivity contribution in [1.29, 1.82) is 0 Å². The lowest BCUT2D eigenvalue weighted by atomic mass is 10.1. The van der Waals surface area contributed by atoms with E-state index in [9.17, 15) is 0 Å². The molecule has 0 spiro atoms. The Morgan fingerprint density at radius 2 is 2.32 bits per heavy atom. The highest BCUT2D eigenvalue weighted by atomic mass is 127. The Morgan fingerprint density at radius 3 is 3.04 bits per heavy atom. The van der Waals surface area contributed by atoms with Crippen LogP contribution < -0.4 is 10.6 Å². The predicted molar refractivity (Wildman–Crippen MR) is 108 cm³/mol. The summed E-state index contributed by atoms with van der Waals surface area (Å²) in [6.45, 7) is 7.69. The SMILES string of the molecule is Cc1nc2n(n1)CC(NC(=NCCc1ccco1)NC(C)C)CC2.I. The topological polar surface area (TPSA) is 80.3 Å². The van der Waals surface area contributed by atoms with Gasteiger partial charge in [0.2, 0.25) is 0 Å². The molecule has 2 N–H and O–H groups in total. The van der Waals surface area contributed by atoms with Gasteiger partial charge in [-0.05, 0) is 39.3 Å². The van der Waals surface area contributed by atoms with E-state index < -0.39 is 0 Å². The molecule has 0 aliphatic carbocycles. The molecule has 0 amide bonds. The number of nitrogens with zero attached hydrogens (tertiary/aromatic N) is 4. The number of guanidine groups is 1. The first-order valence-electron chi connectivity index (χ1n) is 8.60. The summed E-state index contributed by atoms with van der Waals surface area (Å²) in [5.74, 6) is 3.74. The van der Waals surface area contributed by atoms with Crippen molar-refractivity contribution in [3.05, 3.63) is 35.8 Å². The van der Waals surface area contributed by atoms with Crippen LogP contribution in [0.15, 0.2) is 27.8 Å². The first kappa shape index (κ1) is 19.7. The molecule has 1 atom stereocenters. The van der Waals surface area contributed by atoms with Gasteiger partial charge < -0.3 is 15.1 Å². The molecular formula is C17H27IN6O. The Balaban J connectivity index is 0.00000225. The molecule has 0 fully saturated rings. The first-order valence-corrected chi connectivity index (χ1v) is 8.60. The van der Waals surface area contributed by atoms with Gasteiger partial charge in [-0.3, -0.25) is 4.99 Å². The summed E-state index contributed by atoms with van der Waals surface area (Å²) in [6, 6.07) is 4.53. The fourth-order valence-electron chi connectivity index (χ4n) is 2.88. The van der Waals surface area contributed by atoms with Gasteiger partial charge in [0.25, 0.3) is 0 Å². The van der Waals surface area contributed by atoms with Crippen LogP contribution in [0.1, 0.15) is 37.7 Å². The Labute approximate surface area is 165 Å². The molecule has 7 nitrogen and oxygen atoms in total. The highest BCUT2D eigenvalue weighted by Crippen LogP contribution is 2.12. The fraction of sp³-hybridized carbons (Fsp3) is 0.588. The third kappa shape index (κ3) is 5.72. The van der Waals surface area contributed by atoms with Crippen LogP contribution in [-0.2, 0) is 19.4 Å². The van der Waals surface area contributed by atoms with E-state index in [0.29, 0.717) is 18.6 Å². The van der Waals surface area contributed by atoms with E-state index in [4.69, 9.17) is 4.42 Å². The molecule has 1 unspecified atom stereocenters. The van der Waals surface area contributed by atoms with Crippen molar-refractivity contribution in [1.82, 2.24) is 25.4 Å². The van der Waals surface area contributed by atoms with Gasteiger partial charge in [-0.25, -0.2) is 9.67 Å². The van der Waals surface area contributed by atoms with Crippen molar-refractivity contribution in [3.8, 4) is 0 Å². The van der Waals surface area contributed by atoms with Crippen molar-refractivity contribution in [2.24, 2.45) is 4.99 Å². The molecule has 3 rings (SSSR count). The minimum absolute atomic E-state index is 0. The third-order valence-electron chi connectivity index (χ3n) is 3.94. The number of rotatable bonds is 5. The van der Waals surface area contributed by atoms with E-state index in [1.54, 1.807) is 6.26 Å². The minimum atomic E-state index is 0. The largest absolute Gasteiger partial charge is 0.469 e. The Bertz CT molecular complexity index is 679. The first-order chi connectivity index (χ1) is 11.6. The molecule has 138 valence electrons. The zero-order valence-corrected chi connectivity index (χ0v) is 17.4. The van der Waals surface area contributed by atoms with Gasteiger partial charge >= 0.3 is 0 Å². The van der Waals surface area contributed by atoms with E-state index in [2.05, 4.69) is 39.6 Å². The average molecular weight is 458 g/mol. The van der Waals surface area contributed by atoms with Gasteiger partial charge in [0.05, 0.1) is 12.8 Å². The van der Waals surface area contributed by atoms with E-state index in [-0.39, 0.29) is 24.0 Å². The highest BCUT2D eigenvalue weighted by Gasteiger charge is 2.21. The van der Waals surface area contributed by atoms with Gasteiger partial charge in [0, 0.05) is 31.5 Å². The molecule has 25 heavy (non-hydrogen) atoms. The molecule has 0 aromatic carbocycles. The molecular weight excluding hydrogens is 431 g/mol. The highest BCUT2D eigenvalue weighted by molar-refractivity contribution is 14.0. The van der Waals surface area contributed by atoms with Crippen LogP contribution in [0.3, 0.4) is 0 Å². The molecule has 8 heteroatoms. The van der Waals surface area contributed by atoms with E-state index in [1.165, 1.54) is 0 Å². The quantitative estimate of drug-likeness (QED) is 0.409. The summed E-state index contributed by atoms with van der Waals surface area (Å²) >= 11 is 0. The molecule has 0 radical (unpaired) electrons. The number of aromatic nitrogens is 3. The van der Waals surface area contributed by atoms with Crippen LogP contribution >= 0.6 is 24.0 Å². The fourth-order valence-corrected chi connectivity index (χ4v) is 2.88. The number of aliphatic imine (C=N–C) groups is 1. The van der Waals surface area contributed by atoms with Gasteiger partial charge in [-0.15, -0.1) is 24.0 Å². The van der Waals surface area contributed by atoms with Crippen LogP contribution in [0.25, 0.3) is 0 Å². The maximum Gasteiger partial charge on any atom is 0.191 e. The lowest BCUT2D eigenvalue weighted by molar-refractivity contribution is 0.391. The number of aryl methyl sites for hydroxylation is 2. The maximum atomic E-state index is 5.36. The maximum absolute atomic E-state index is 5.36. The minimum Gasteiger partial charge on any atom is -0.469 e. The molecule has 1 aliphatic heterocycles. The molecule has 2 aromatic rings. The van der Waals surface area contributed by atoms with Crippen LogP contribution in [0.2, 0.25) is 0 Å². The summed E-state index contributed by atoms with van der Waals surface area (Å²) in [4.78, 5) is 9.14. The second-order valence-electron chi connectivity index (χ2n) is 6.50. The number of halogens is 1. The lowest BCUT2D eigenvalue weighted by Crippen LogP contribution is -2.49. The summed E-state index contributed by atoms with van der Waals surface area (Å²) in [6.07, 6.45) is 4.48. The Hall–Kier alpha value is -1.58. The second kappa shape index (κ2) is 9.21. The molecule has 0 saturated carbocycles. The van der Waals surface area contributed by atoms with Crippen LogP contribution in [0, 0.1) is 6.92 Å². The van der Waals surface area contributed by atoms with Crippen LogP contribution in [0.4, 0.5) is 0 Å². The predicted octanol–water partition coefficient (Wildman–Crippen LogP) is 2.30. The molecule has 2 aromatic heterocycles. The van der Waals surface area contributed by atoms with Crippen molar-refractivity contribution in [2.45, 2.75) is 58.7 Å². The molecule has 0 saturated heterocycles. The molecule has 3 heterocycles. The lowest BCUT2D eigenvalue weighted by Gasteiger charge is -2.26. The third-order valence-corrected chi connectivity index (χ3v) is 3.94.